The van der Waals surface area contributed by atoms with Gasteiger partial charge in [-0.3, -0.25) is 4.90 Å². The van der Waals surface area contributed by atoms with E-state index >= 15 is 0 Å². The Kier molecular flexibility index (Phi) is 6.98. The number of halogens is 1. The maximum atomic E-state index is 13.0. The second-order valence-electron chi connectivity index (χ2n) is 10.9. The minimum Gasteiger partial charge on any atom is -0.496 e. The van der Waals surface area contributed by atoms with Gasteiger partial charge in [0.25, 0.3) is 0 Å². The van der Waals surface area contributed by atoms with E-state index in [-0.39, 0.29) is 5.97 Å². The largest absolute Gasteiger partial charge is 0.496 e. The summed E-state index contributed by atoms with van der Waals surface area (Å²) in [5.41, 5.74) is 7.78. The molecule has 1 N–H and O–H groups in total. The van der Waals surface area contributed by atoms with Gasteiger partial charge in [0.1, 0.15) is 5.75 Å². The molecule has 0 radical (unpaired) electrons. The predicted molar refractivity (Wildman–Crippen MR) is 157 cm³/mol. The molecular weight excluding hydrogens is 558 g/mol. The van der Waals surface area contributed by atoms with Crippen LogP contribution >= 0.6 is 15.9 Å². The quantitative estimate of drug-likeness (QED) is 0.270. The van der Waals surface area contributed by atoms with E-state index in [0.29, 0.717) is 37.1 Å². The van der Waals surface area contributed by atoms with Crippen molar-refractivity contribution in [1.29, 1.82) is 0 Å². The number of esters is 1. The molecule has 4 aromatic rings. The number of hydrogen-bond acceptors (Lipinski definition) is 5. The highest BCUT2D eigenvalue weighted by atomic mass is 79.9. The van der Waals surface area contributed by atoms with E-state index in [4.69, 9.17) is 9.47 Å². The highest BCUT2D eigenvalue weighted by molar-refractivity contribution is 9.10. The summed E-state index contributed by atoms with van der Waals surface area (Å²) in [5.74, 6) is 0.296. The molecule has 0 saturated carbocycles. The number of rotatable bonds is 7. The number of aryl methyl sites for hydroxylation is 2. The Morgan fingerprint density at radius 1 is 1.13 bits per heavy atom. The average Bonchev–Trinajstić information content (AvgIpc) is 3.37. The van der Waals surface area contributed by atoms with E-state index < -0.39 is 6.10 Å². The first-order valence-corrected chi connectivity index (χ1v) is 14.7. The molecule has 0 bridgehead atoms. The number of ether oxygens (including phenoxy) is 2. The fourth-order valence-electron chi connectivity index (χ4n) is 6.88. The van der Waals surface area contributed by atoms with E-state index in [2.05, 4.69) is 50.5 Å². The zero-order valence-corrected chi connectivity index (χ0v) is 24.7. The smallest absolute Gasteiger partial charge is 0.340 e. The monoisotopic (exact) mass is 593 g/mol. The van der Waals surface area contributed by atoms with Gasteiger partial charge >= 0.3 is 5.97 Å². The summed E-state index contributed by atoms with van der Waals surface area (Å²) in [5, 5.41) is 13.6. The average molecular weight is 595 g/mol. The van der Waals surface area contributed by atoms with Crippen LogP contribution in [-0.2, 0) is 24.2 Å². The van der Waals surface area contributed by atoms with Crippen molar-refractivity contribution in [2.24, 2.45) is 0 Å². The summed E-state index contributed by atoms with van der Waals surface area (Å²) in [6.07, 6.45) is 2.80. The van der Waals surface area contributed by atoms with Crippen molar-refractivity contribution in [3.63, 3.8) is 0 Å². The van der Waals surface area contributed by atoms with E-state index in [9.17, 15) is 9.90 Å². The number of methoxy groups -OCH3 is 1. The SMILES string of the molecule is CCOC(=O)c1c(C)n(C[C@@H](O)CN2CCn3c4c(c5cc(C)ccc53)CCC[C@@H]42)c2cc(Br)c(OC)cc12. The molecule has 1 aliphatic carbocycles. The molecular formula is C31H36BrN3O4. The van der Waals surface area contributed by atoms with Gasteiger partial charge in [-0.05, 0) is 85.8 Å². The van der Waals surface area contributed by atoms with Gasteiger partial charge in [0.15, 0.2) is 0 Å². The zero-order chi connectivity index (χ0) is 27.4. The molecule has 39 heavy (non-hydrogen) atoms. The standard InChI is InChI=1S/C31H36BrN3O4/c1-5-39-31(37)29-19(3)35(27-15-24(32)28(38-4)14-23(27)29)17-20(36)16-33-11-12-34-25-10-9-18(2)13-22(25)21-7-6-8-26(33)30(21)34/h9-10,13-15,20,26,36H,5-8,11-12,16-17H2,1-4H3/t20-,26-/m0/s1. The maximum absolute atomic E-state index is 13.0. The second-order valence-corrected chi connectivity index (χ2v) is 11.7. The lowest BCUT2D eigenvalue weighted by atomic mass is 9.89. The molecule has 2 aromatic carbocycles. The molecule has 0 unspecified atom stereocenters. The third kappa shape index (κ3) is 4.37. The lowest BCUT2D eigenvalue weighted by Gasteiger charge is -2.40. The van der Waals surface area contributed by atoms with Crippen molar-refractivity contribution in [2.75, 3.05) is 26.8 Å². The lowest BCUT2D eigenvalue weighted by Crippen LogP contribution is -2.44. The summed E-state index contributed by atoms with van der Waals surface area (Å²) < 4.78 is 16.3. The number of carbonyl (C=O) groups is 1. The first kappa shape index (κ1) is 26.4. The van der Waals surface area contributed by atoms with Crippen molar-refractivity contribution in [2.45, 2.75) is 65.3 Å². The molecule has 3 heterocycles. The van der Waals surface area contributed by atoms with Crippen LogP contribution in [0.1, 0.15) is 58.7 Å². The van der Waals surface area contributed by atoms with Gasteiger partial charge in [-0.25, -0.2) is 4.79 Å². The molecule has 2 aliphatic rings. The Bertz CT molecular complexity index is 1590. The Morgan fingerprint density at radius 2 is 1.95 bits per heavy atom. The number of aliphatic hydroxyl groups is 1. The van der Waals surface area contributed by atoms with Crippen molar-refractivity contribution < 1.29 is 19.4 Å². The van der Waals surface area contributed by atoms with Crippen LogP contribution in [0.5, 0.6) is 5.75 Å². The van der Waals surface area contributed by atoms with E-state index in [1.54, 1.807) is 7.11 Å². The molecule has 2 aromatic heterocycles. The number of β-amino-alcohol motifs (C(OH)–C–C–N with tert-alkyl or cyclic N) is 1. The fourth-order valence-corrected chi connectivity index (χ4v) is 7.37. The molecule has 2 atom stereocenters. The third-order valence-corrected chi connectivity index (χ3v) is 9.17. The number of aromatic nitrogens is 2. The molecule has 0 amide bonds. The molecule has 0 fully saturated rings. The van der Waals surface area contributed by atoms with Crippen molar-refractivity contribution >= 4 is 43.7 Å². The van der Waals surface area contributed by atoms with Gasteiger partial charge < -0.3 is 23.7 Å². The highest BCUT2D eigenvalue weighted by Gasteiger charge is 2.35. The van der Waals surface area contributed by atoms with Gasteiger partial charge in [0.2, 0.25) is 0 Å². The van der Waals surface area contributed by atoms with Crippen LogP contribution < -0.4 is 4.74 Å². The van der Waals surface area contributed by atoms with Crippen molar-refractivity contribution in [3.8, 4) is 5.75 Å². The Hall–Kier alpha value is -2.81. The number of fused-ring (bicyclic) bond motifs is 4. The topological polar surface area (TPSA) is 68.9 Å². The normalized spacial score (nSPS) is 17.9. The van der Waals surface area contributed by atoms with E-state index in [0.717, 1.165) is 53.4 Å². The summed E-state index contributed by atoms with van der Waals surface area (Å²) in [6, 6.07) is 11.0. The van der Waals surface area contributed by atoms with Crippen molar-refractivity contribution in [3.05, 3.63) is 62.9 Å². The molecule has 6 rings (SSSR count). The van der Waals surface area contributed by atoms with E-state index in [1.807, 2.05) is 30.5 Å². The zero-order valence-electron chi connectivity index (χ0n) is 23.1. The van der Waals surface area contributed by atoms with Crippen LogP contribution in [0.25, 0.3) is 21.8 Å². The molecule has 0 saturated heterocycles. The molecule has 206 valence electrons. The Morgan fingerprint density at radius 3 is 2.72 bits per heavy atom. The first-order valence-electron chi connectivity index (χ1n) is 13.9. The molecule has 7 nitrogen and oxygen atoms in total. The maximum Gasteiger partial charge on any atom is 0.340 e. The van der Waals surface area contributed by atoms with Gasteiger partial charge in [-0.15, -0.1) is 0 Å². The van der Waals surface area contributed by atoms with Gasteiger partial charge in [-0.2, -0.15) is 0 Å². The summed E-state index contributed by atoms with van der Waals surface area (Å²) in [7, 11) is 1.61. The van der Waals surface area contributed by atoms with Crippen LogP contribution in [0.4, 0.5) is 0 Å². The van der Waals surface area contributed by atoms with Crippen LogP contribution in [0.15, 0.2) is 34.8 Å². The van der Waals surface area contributed by atoms with Crippen molar-refractivity contribution in [1.82, 2.24) is 14.0 Å². The Labute approximate surface area is 237 Å². The first-order chi connectivity index (χ1) is 18.8. The van der Waals surface area contributed by atoms with Gasteiger partial charge in [0.05, 0.1) is 48.0 Å². The van der Waals surface area contributed by atoms with Crippen LogP contribution in [0.2, 0.25) is 0 Å². The highest BCUT2D eigenvalue weighted by Crippen LogP contribution is 2.43. The summed E-state index contributed by atoms with van der Waals surface area (Å²) >= 11 is 3.60. The number of carbonyl (C=O) groups excluding carboxylic acids is 1. The number of nitrogens with zero attached hydrogens (tertiary/aromatic N) is 3. The minimum absolute atomic E-state index is 0.301. The Balaban J connectivity index is 1.31. The summed E-state index contributed by atoms with van der Waals surface area (Å²) in [4.78, 5) is 15.4. The predicted octanol–water partition coefficient (Wildman–Crippen LogP) is 5.91. The minimum atomic E-state index is -0.598. The number of aliphatic hydroxyl groups excluding tert-OH is 1. The molecule has 0 spiro atoms. The van der Waals surface area contributed by atoms with Crippen LogP contribution in [0, 0.1) is 13.8 Å². The summed E-state index contributed by atoms with van der Waals surface area (Å²) in [6.45, 7) is 9.01. The number of hydrogen-bond donors (Lipinski definition) is 1. The van der Waals surface area contributed by atoms with Crippen LogP contribution in [-0.4, -0.2) is 58.0 Å². The number of benzene rings is 2. The van der Waals surface area contributed by atoms with Gasteiger partial charge in [-0.1, -0.05) is 11.6 Å². The molecule has 1 aliphatic heterocycles. The fraction of sp³-hybridized carbons (Fsp3) is 0.452. The third-order valence-electron chi connectivity index (χ3n) is 8.55. The van der Waals surface area contributed by atoms with Crippen LogP contribution in [0.3, 0.4) is 0 Å². The lowest BCUT2D eigenvalue weighted by molar-refractivity contribution is 0.0519. The van der Waals surface area contributed by atoms with E-state index in [1.165, 1.54) is 27.7 Å². The second kappa shape index (κ2) is 10.3. The molecule has 8 heteroatoms. The van der Waals surface area contributed by atoms with Gasteiger partial charge in [0, 0.05) is 47.3 Å².